The normalized spacial score (nSPS) is 11.1. The van der Waals surface area contributed by atoms with Crippen LogP contribution in [0.2, 0.25) is 0 Å². The number of anilines is 1. The number of aromatic amines is 1. The Balaban J connectivity index is 1.71. The second-order valence-corrected chi connectivity index (χ2v) is 6.68. The topological polar surface area (TPSA) is 110 Å². The fourth-order valence-electron chi connectivity index (χ4n) is 2.97. The first kappa shape index (κ1) is 17.7. The van der Waals surface area contributed by atoms with Crippen LogP contribution < -0.4 is 10.9 Å². The van der Waals surface area contributed by atoms with E-state index in [1.54, 1.807) is 17.7 Å². The van der Waals surface area contributed by atoms with Gasteiger partial charge in [0.1, 0.15) is 6.54 Å². The molecule has 4 rings (SSSR count). The summed E-state index contributed by atoms with van der Waals surface area (Å²) in [5.74, 6) is 0.461. The summed E-state index contributed by atoms with van der Waals surface area (Å²) in [7, 11) is 0. The van der Waals surface area contributed by atoms with Crippen molar-refractivity contribution >= 4 is 17.4 Å². The Bertz CT molecular complexity index is 1230. The van der Waals surface area contributed by atoms with Gasteiger partial charge in [-0.25, -0.2) is 0 Å². The molecule has 0 saturated heterocycles. The second-order valence-electron chi connectivity index (χ2n) is 6.68. The summed E-state index contributed by atoms with van der Waals surface area (Å²) < 4.78 is 2.87. The van der Waals surface area contributed by atoms with Crippen LogP contribution in [0.1, 0.15) is 17.0 Å². The number of rotatable bonds is 4. The van der Waals surface area contributed by atoms with Gasteiger partial charge in [0.15, 0.2) is 5.82 Å². The number of carbonyl (C=O) groups excluding carboxylic acids is 1. The highest BCUT2D eigenvalue weighted by molar-refractivity contribution is 5.90. The molecule has 0 saturated carbocycles. The number of hydrogen-bond acceptors (Lipinski definition) is 5. The van der Waals surface area contributed by atoms with Gasteiger partial charge in [-0.05, 0) is 32.9 Å². The Morgan fingerprint density at radius 1 is 1.18 bits per heavy atom. The van der Waals surface area contributed by atoms with Crippen LogP contribution in [0.5, 0.6) is 0 Å². The average Bonchev–Trinajstić information content (AvgIpc) is 3.27. The van der Waals surface area contributed by atoms with E-state index in [2.05, 4.69) is 25.6 Å². The molecule has 28 heavy (non-hydrogen) atoms. The molecule has 1 aromatic carbocycles. The van der Waals surface area contributed by atoms with Gasteiger partial charge in [-0.3, -0.25) is 14.7 Å². The van der Waals surface area contributed by atoms with Crippen molar-refractivity contribution in [3.63, 3.8) is 0 Å². The standard InChI is InChI=1S/C19H19N7O2/c1-11-4-6-14(7-5-11)21-16(27)10-25-12(2)8-17(28)26-19(25)22-18(24-26)15-9-20-23-13(15)3/h4-9H,10H2,1-3H3,(H,20,23)(H,21,27). The highest BCUT2D eigenvalue weighted by atomic mass is 16.2. The number of amides is 1. The van der Waals surface area contributed by atoms with Gasteiger partial charge in [-0.2, -0.15) is 14.6 Å². The van der Waals surface area contributed by atoms with Gasteiger partial charge in [-0.1, -0.05) is 17.7 Å². The Morgan fingerprint density at radius 3 is 2.61 bits per heavy atom. The molecular formula is C19H19N7O2. The van der Waals surface area contributed by atoms with Crippen LogP contribution in [0, 0.1) is 20.8 Å². The van der Waals surface area contributed by atoms with Crippen LogP contribution in [-0.4, -0.2) is 35.3 Å². The van der Waals surface area contributed by atoms with Crippen molar-refractivity contribution in [1.29, 1.82) is 0 Å². The Kier molecular flexibility index (Phi) is 4.26. The zero-order valence-corrected chi connectivity index (χ0v) is 15.7. The SMILES string of the molecule is Cc1ccc(NC(=O)Cn2c(C)cc(=O)n3nc(-c4cn[nH]c4C)nc23)cc1. The van der Waals surface area contributed by atoms with Crippen LogP contribution in [0.15, 0.2) is 41.3 Å². The van der Waals surface area contributed by atoms with Crippen molar-refractivity contribution in [3.05, 3.63) is 63.8 Å². The zero-order valence-electron chi connectivity index (χ0n) is 15.7. The molecule has 0 radical (unpaired) electrons. The maximum atomic E-state index is 12.6. The minimum atomic E-state index is -0.303. The molecule has 9 nitrogen and oxygen atoms in total. The number of nitrogens with one attached hydrogen (secondary N) is 2. The lowest BCUT2D eigenvalue weighted by molar-refractivity contribution is -0.116. The van der Waals surface area contributed by atoms with Gasteiger partial charge in [0.05, 0.1) is 11.8 Å². The van der Waals surface area contributed by atoms with E-state index in [1.807, 2.05) is 38.1 Å². The number of aryl methyl sites for hydroxylation is 3. The second kappa shape index (κ2) is 6.76. The molecule has 0 aliphatic carbocycles. The minimum absolute atomic E-state index is 0.00594. The predicted molar refractivity (Wildman–Crippen MR) is 104 cm³/mol. The zero-order chi connectivity index (χ0) is 19.8. The van der Waals surface area contributed by atoms with Crippen molar-refractivity contribution in [2.75, 3.05) is 5.32 Å². The van der Waals surface area contributed by atoms with Crippen LogP contribution in [-0.2, 0) is 11.3 Å². The summed E-state index contributed by atoms with van der Waals surface area (Å²) in [6.07, 6.45) is 1.61. The van der Waals surface area contributed by atoms with E-state index in [-0.39, 0.29) is 18.0 Å². The predicted octanol–water partition coefficient (Wildman–Crippen LogP) is 1.85. The average molecular weight is 377 g/mol. The van der Waals surface area contributed by atoms with Gasteiger partial charge in [-0.15, -0.1) is 5.10 Å². The summed E-state index contributed by atoms with van der Waals surface area (Å²) in [5.41, 5.74) is 3.64. The molecule has 3 heterocycles. The van der Waals surface area contributed by atoms with E-state index in [1.165, 1.54) is 10.6 Å². The number of nitrogens with zero attached hydrogens (tertiary/aromatic N) is 5. The molecule has 0 aliphatic heterocycles. The lowest BCUT2D eigenvalue weighted by atomic mass is 10.2. The summed E-state index contributed by atoms with van der Waals surface area (Å²) in [4.78, 5) is 29.4. The third-order valence-corrected chi connectivity index (χ3v) is 4.51. The first-order chi connectivity index (χ1) is 13.4. The summed E-state index contributed by atoms with van der Waals surface area (Å²) in [5, 5.41) is 14.0. The molecule has 0 bridgehead atoms. The number of H-pyrrole nitrogens is 1. The van der Waals surface area contributed by atoms with Gasteiger partial charge in [0, 0.05) is 23.1 Å². The molecule has 0 atom stereocenters. The first-order valence-electron chi connectivity index (χ1n) is 8.76. The largest absolute Gasteiger partial charge is 0.325 e. The molecule has 3 aromatic heterocycles. The molecular weight excluding hydrogens is 358 g/mol. The van der Waals surface area contributed by atoms with Crippen molar-refractivity contribution in [3.8, 4) is 11.4 Å². The molecule has 0 aliphatic rings. The number of benzene rings is 1. The molecule has 4 aromatic rings. The minimum Gasteiger partial charge on any atom is -0.325 e. The lowest BCUT2D eigenvalue weighted by Gasteiger charge is -2.11. The van der Waals surface area contributed by atoms with Gasteiger partial charge in [0.2, 0.25) is 11.7 Å². The molecule has 2 N–H and O–H groups in total. The number of hydrogen-bond donors (Lipinski definition) is 2. The molecule has 0 spiro atoms. The van der Waals surface area contributed by atoms with Crippen LogP contribution in [0.4, 0.5) is 5.69 Å². The van der Waals surface area contributed by atoms with Crippen molar-refractivity contribution in [1.82, 2.24) is 29.4 Å². The quantitative estimate of drug-likeness (QED) is 0.564. The highest BCUT2D eigenvalue weighted by Gasteiger charge is 2.17. The van der Waals surface area contributed by atoms with E-state index >= 15 is 0 Å². The number of aromatic nitrogens is 6. The summed E-state index contributed by atoms with van der Waals surface area (Å²) in [6.45, 7) is 5.60. The van der Waals surface area contributed by atoms with E-state index in [4.69, 9.17) is 0 Å². The van der Waals surface area contributed by atoms with Gasteiger partial charge in [0.25, 0.3) is 5.56 Å². The molecule has 0 unspecified atom stereocenters. The summed E-state index contributed by atoms with van der Waals surface area (Å²) >= 11 is 0. The van der Waals surface area contributed by atoms with Crippen molar-refractivity contribution < 1.29 is 4.79 Å². The van der Waals surface area contributed by atoms with E-state index < -0.39 is 0 Å². The maximum Gasteiger partial charge on any atom is 0.275 e. The van der Waals surface area contributed by atoms with Gasteiger partial charge < -0.3 is 9.88 Å². The van der Waals surface area contributed by atoms with Crippen LogP contribution >= 0.6 is 0 Å². The van der Waals surface area contributed by atoms with E-state index in [9.17, 15) is 9.59 Å². The monoisotopic (exact) mass is 377 g/mol. The lowest BCUT2D eigenvalue weighted by Crippen LogP contribution is -2.25. The molecule has 142 valence electrons. The summed E-state index contributed by atoms with van der Waals surface area (Å²) in [6, 6.07) is 8.98. The first-order valence-corrected chi connectivity index (χ1v) is 8.76. The van der Waals surface area contributed by atoms with Crippen LogP contribution in [0.3, 0.4) is 0 Å². The maximum absolute atomic E-state index is 12.6. The third-order valence-electron chi connectivity index (χ3n) is 4.51. The van der Waals surface area contributed by atoms with E-state index in [0.717, 1.165) is 11.3 Å². The fraction of sp³-hybridized carbons (Fsp3) is 0.211. The fourth-order valence-corrected chi connectivity index (χ4v) is 2.97. The molecule has 0 fully saturated rings. The molecule has 1 amide bonds. The van der Waals surface area contributed by atoms with E-state index in [0.29, 0.717) is 28.5 Å². The van der Waals surface area contributed by atoms with Crippen molar-refractivity contribution in [2.45, 2.75) is 27.3 Å². The number of carbonyl (C=O) groups is 1. The highest BCUT2D eigenvalue weighted by Crippen LogP contribution is 2.18. The van der Waals surface area contributed by atoms with Crippen molar-refractivity contribution in [2.24, 2.45) is 0 Å². The Hall–Kier alpha value is -3.75. The van der Waals surface area contributed by atoms with Crippen LogP contribution in [0.25, 0.3) is 17.2 Å². The molecule has 9 heteroatoms. The number of fused-ring (bicyclic) bond motifs is 1. The van der Waals surface area contributed by atoms with Gasteiger partial charge >= 0.3 is 0 Å². The smallest absolute Gasteiger partial charge is 0.275 e. The Labute approximate surface area is 160 Å². The Morgan fingerprint density at radius 2 is 1.93 bits per heavy atom. The third kappa shape index (κ3) is 3.18.